The Kier molecular flexibility index (Phi) is 3.32. The van der Waals surface area contributed by atoms with Crippen LogP contribution in [0.3, 0.4) is 0 Å². The summed E-state index contributed by atoms with van der Waals surface area (Å²) < 4.78 is 0. The molecule has 2 nitrogen and oxygen atoms in total. The SMILES string of the molecule is Oc1ccc(NCc2ccc(Cl)cc2)cc1. The predicted molar refractivity (Wildman–Crippen MR) is 66.9 cm³/mol. The van der Waals surface area contributed by atoms with Crippen molar-refractivity contribution in [3.05, 3.63) is 59.1 Å². The van der Waals surface area contributed by atoms with Gasteiger partial charge in [0.05, 0.1) is 0 Å². The van der Waals surface area contributed by atoms with Crippen LogP contribution in [0.5, 0.6) is 5.75 Å². The number of aromatic hydroxyl groups is 1. The molecule has 0 bridgehead atoms. The van der Waals surface area contributed by atoms with E-state index in [9.17, 15) is 0 Å². The van der Waals surface area contributed by atoms with E-state index >= 15 is 0 Å². The van der Waals surface area contributed by atoms with Crippen molar-refractivity contribution in [3.8, 4) is 5.75 Å². The molecule has 0 fully saturated rings. The largest absolute Gasteiger partial charge is 0.508 e. The zero-order valence-corrected chi connectivity index (χ0v) is 9.41. The van der Waals surface area contributed by atoms with E-state index in [0.717, 1.165) is 22.8 Å². The Morgan fingerprint density at radius 3 is 2.19 bits per heavy atom. The number of nitrogens with one attached hydrogen (secondary N) is 1. The molecule has 0 aliphatic carbocycles. The number of hydrogen-bond donors (Lipinski definition) is 2. The highest BCUT2D eigenvalue weighted by atomic mass is 35.5. The first-order valence-corrected chi connectivity index (χ1v) is 5.39. The number of anilines is 1. The zero-order valence-electron chi connectivity index (χ0n) is 8.65. The Bertz CT molecular complexity index is 405. The molecule has 0 aliphatic heterocycles. The molecule has 0 unspecified atom stereocenters. The molecule has 0 amide bonds. The van der Waals surface area contributed by atoms with Crippen LogP contribution in [0, 0.1) is 0 Å². The molecule has 0 saturated carbocycles. The molecule has 3 heteroatoms. The van der Waals surface area contributed by atoms with Gasteiger partial charge in [-0.2, -0.15) is 0 Å². The third-order valence-electron chi connectivity index (χ3n) is 2.28. The second-order valence-corrected chi connectivity index (χ2v) is 3.96. The molecule has 0 atom stereocenters. The Morgan fingerprint density at radius 2 is 1.56 bits per heavy atom. The number of benzene rings is 2. The molecule has 0 saturated heterocycles. The summed E-state index contributed by atoms with van der Waals surface area (Å²) >= 11 is 5.80. The van der Waals surface area contributed by atoms with Crippen LogP contribution in [-0.2, 0) is 6.54 Å². The molecule has 2 N–H and O–H groups in total. The van der Waals surface area contributed by atoms with Crippen LogP contribution in [0.25, 0.3) is 0 Å². The van der Waals surface area contributed by atoms with Crippen LogP contribution in [0.2, 0.25) is 5.02 Å². The second kappa shape index (κ2) is 4.90. The molecule has 0 spiro atoms. The minimum atomic E-state index is 0.275. The summed E-state index contributed by atoms with van der Waals surface area (Å²) in [6.07, 6.45) is 0. The summed E-state index contributed by atoms with van der Waals surface area (Å²) in [6.45, 7) is 0.738. The molecule has 16 heavy (non-hydrogen) atoms. The number of halogens is 1. The van der Waals surface area contributed by atoms with Gasteiger partial charge in [0.25, 0.3) is 0 Å². The molecule has 82 valence electrons. The second-order valence-electron chi connectivity index (χ2n) is 3.53. The average Bonchev–Trinajstić information content (AvgIpc) is 2.30. The fourth-order valence-electron chi connectivity index (χ4n) is 1.39. The van der Waals surface area contributed by atoms with E-state index in [0.29, 0.717) is 0 Å². The van der Waals surface area contributed by atoms with Gasteiger partial charge in [0.2, 0.25) is 0 Å². The minimum Gasteiger partial charge on any atom is -0.508 e. The monoisotopic (exact) mass is 233 g/mol. The van der Waals surface area contributed by atoms with Crippen LogP contribution < -0.4 is 5.32 Å². The Morgan fingerprint density at radius 1 is 0.938 bits per heavy atom. The lowest BCUT2D eigenvalue weighted by atomic mass is 10.2. The number of phenols is 1. The number of hydrogen-bond acceptors (Lipinski definition) is 2. The highest BCUT2D eigenvalue weighted by Gasteiger charge is 1.94. The van der Waals surface area contributed by atoms with Gasteiger partial charge >= 0.3 is 0 Å². The van der Waals surface area contributed by atoms with E-state index in [1.54, 1.807) is 12.1 Å². The lowest BCUT2D eigenvalue weighted by molar-refractivity contribution is 0.475. The van der Waals surface area contributed by atoms with Crippen molar-refractivity contribution in [2.75, 3.05) is 5.32 Å². The van der Waals surface area contributed by atoms with Crippen LogP contribution in [0.1, 0.15) is 5.56 Å². The van der Waals surface area contributed by atoms with Gasteiger partial charge in [0, 0.05) is 17.3 Å². The third-order valence-corrected chi connectivity index (χ3v) is 2.53. The number of phenolic OH excluding ortho intramolecular Hbond substituents is 1. The molecular formula is C13H12ClNO. The average molecular weight is 234 g/mol. The Hall–Kier alpha value is -1.67. The first kappa shape index (κ1) is 10.8. The van der Waals surface area contributed by atoms with E-state index in [4.69, 9.17) is 16.7 Å². The predicted octanol–water partition coefficient (Wildman–Crippen LogP) is 3.66. The maximum Gasteiger partial charge on any atom is 0.115 e. The first-order chi connectivity index (χ1) is 7.74. The van der Waals surface area contributed by atoms with Crippen LogP contribution in [0.15, 0.2) is 48.5 Å². The Labute approximate surface area is 99.5 Å². The summed E-state index contributed by atoms with van der Waals surface area (Å²) in [5, 5.41) is 13.1. The number of rotatable bonds is 3. The molecule has 2 aromatic rings. The lowest BCUT2D eigenvalue weighted by Crippen LogP contribution is -1.98. The van der Waals surface area contributed by atoms with E-state index < -0.39 is 0 Å². The van der Waals surface area contributed by atoms with E-state index in [2.05, 4.69) is 5.32 Å². The third kappa shape index (κ3) is 2.91. The summed E-state index contributed by atoms with van der Waals surface area (Å²) in [7, 11) is 0. The highest BCUT2D eigenvalue weighted by molar-refractivity contribution is 6.30. The molecule has 2 rings (SSSR count). The van der Waals surface area contributed by atoms with Crippen LogP contribution >= 0.6 is 11.6 Å². The summed E-state index contributed by atoms with van der Waals surface area (Å²) in [5.74, 6) is 0.275. The Balaban J connectivity index is 1.97. The first-order valence-electron chi connectivity index (χ1n) is 5.01. The van der Waals surface area contributed by atoms with E-state index in [1.165, 1.54) is 0 Å². The maximum absolute atomic E-state index is 9.13. The topological polar surface area (TPSA) is 32.3 Å². The molecule has 0 radical (unpaired) electrons. The smallest absolute Gasteiger partial charge is 0.115 e. The summed E-state index contributed by atoms with van der Waals surface area (Å²) in [6, 6.07) is 14.7. The van der Waals surface area contributed by atoms with Gasteiger partial charge in [-0.05, 0) is 42.0 Å². The van der Waals surface area contributed by atoms with Gasteiger partial charge in [0.15, 0.2) is 0 Å². The quantitative estimate of drug-likeness (QED) is 0.793. The van der Waals surface area contributed by atoms with Crippen molar-refractivity contribution in [2.24, 2.45) is 0 Å². The highest BCUT2D eigenvalue weighted by Crippen LogP contribution is 2.15. The fraction of sp³-hybridized carbons (Fsp3) is 0.0769. The summed E-state index contributed by atoms with van der Waals surface area (Å²) in [4.78, 5) is 0. The fourth-order valence-corrected chi connectivity index (χ4v) is 1.51. The maximum atomic E-state index is 9.13. The van der Waals surface area contributed by atoms with E-state index in [-0.39, 0.29) is 5.75 Å². The molecule has 0 aliphatic rings. The van der Waals surface area contributed by atoms with Gasteiger partial charge in [-0.3, -0.25) is 0 Å². The summed E-state index contributed by atoms with van der Waals surface area (Å²) in [5.41, 5.74) is 2.14. The van der Waals surface area contributed by atoms with Gasteiger partial charge < -0.3 is 10.4 Å². The van der Waals surface area contributed by atoms with Crippen molar-refractivity contribution in [1.82, 2.24) is 0 Å². The molecular weight excluding hydrogens is 222 g/mol. The zero-order chi connectivity index (χ0) is 11.4. The van der Waals surface area contributed by atoms with E-state index in [1.807, 2.05) is 36.4 Å². The van der Waals surface area contributed by atoms with Crippen molar-refractivity contribution < 1.29 is 5.11 Å². The van der Waals surface area contributed by atoms with Crippen LogP contribution in [0.4, 0.5) is 5.69 Å². The van der Waals surface area contributed by atoms with Crippen molar-refractivity contribution in [1.29, 1.82) is 0 Å². The van der Waals surface area contributed by atoms with Gasteiger partial charge in [-0.15, -0.1) is 0 Å². The standard InChI is InChI=1S/C13H12ClNO/c14-11-3-1-10(2-4-11)9-15-12-5-7-13(16)8-6-12/h1-8,15-16H,9H2. The lowest BCUT2D eigenvalue weighted by Gasteiger charge is -2.06. The molecule has 2 aromatic carbocycles. The van der Waals surface area contributed by atoms with Crippen molar-refractivity contribution >= 4 is 17.3 Å². The normalized spacial score (nSPS) is 10.1. The van der Waals surface area contributed by atoms with Crippen molar-refractivity contribution in [3.63, 3.8) is 0 Å². The van der Waals surface area contributed by atoms with Gasteiger partial charge in [-0.1, -0.05) is 23.7 Å². The van der Waals surface area contributed by atoms with Crippen molar-refractivity contribution in [2.45, 2.75) is 6.54 Å². The molecule has 0 heterocycles. The van der Waals surface area contributed by atoms with Gasteiger partial charge in [0.1, 0.15) is 5.75 Å². The minimum absolute atomic E-state index is 0.275. The van der Waals surface area contributed by atoms with Gasteiger partial charge in [-0.25, -0.2) is 0 Å². The van der Waals surface area contributed by atoms with Crippen LogP contribution in [-0.4, -0.2) is 5.11 Å². The molecule has 0 aromatic heterocycles.